The van der Waals surface area contributed by atoms with Gasteiger partial charge < -0.3 is 9.42 Å². The number of carbonyl (C=O) groups excluding carboxylic acids is 1. The SMILES string of the molecule is O=C(c1nc2ccccc2s1)N1CCC(c2noc(C(F)(F)F)n2)C1. The number of halogens is 3. The first kappa shape index (κ1) is 16.0. The molecule has 0 radical (unpaired) electrons. The molecule has 1 amide bonds. The quantitative estimate of drug-likeness (QED) is 0.694. The second kappa shape index (κ2) is 5.80. The molecule has 1 aromatic carbocycles. The maximum absolute atomic E-state index is 12.6. The van der Waals surface area contributed by atoms with Gasteiger partial charge in [0.15, 0.2) is 10.8 Å². The highest BCUT2D eigenvalue weighted by Gasteiger charge is 2.40. The third-order valence-corrected chi connectivity index (χ3v) is 5.03. The van der Waals surface area contributed by atoms with Crippen LogP contribution >= 0.6 is 11.3 Å². The van der Waals surface area contributed by atoms with Gasteiger partial charge in [0.1, 0.15) is 0 Å². The summed E-state index contributed by atoms with van der Waals surface area (Å²) in [6, 6.07) is 7.42. The lowest BCUT2D eigenvalue weighted by Crippen LogP contribution is -2.28. The Morgan fingerprint density at radius 3 is 2.80 bits per heavy atom. The van der Waals surface area contributed by atoms with Crippen LogP contribution in [0.3, 0.4) is 0 Å². The fraction of sp³-hybridized carbons (Fsp3) is 0.333. The van der Waals surface area contributed by atoms with Gasteiger partial charge in [0.2, 0.25) is 0 Å². The van der Waals surface area contributed by atoms with Crippen LogP contribution in [0.1, 0.15) is 33.9 Å². The molecule has 4 rings (SSSR count). The summed E-state index contributed by atoms with van der Waals surface area (Å²) < 4.78 is 42.8. The van der Waals surface area contributed by atoms with Crippen LogP contribution in [0.15, 0.2) is 28.8 Å². The summed E-state index contributed by atoms with van der Waals surface area (Å²) in [7, 11) is 0. The molecule has 0 bridgehead atoms. The van der Waals surface area contributed by atoms with Gasteiger partial charge in [-0.3, -0.25) is 4.79 Å². The topological polar surface area (TPSA) is 72.1 Å². The highest BCUT2D eigenvalue weighted by molar-refractivity contribution is 7.20. The lowest BCUT2D eigenvalue weighted by molar-refractivity contribution is -0.159. The summed E-state index contributed by atoms with van der Waals surface area (Å²) in [5.74, 6) is -1.99. The summed E-state index contributed by atoms with van der Waals surface area (Å²) in [6.45, 7) is 0.654. The van der Waals surface area contributed by atoms with Gasteiger partial charge in [-0.2, -0.15) is 18.2 Å². The van der Waals surface area contributed by atoms with Crippen molar-refractivity contribution < 1.29 is 22.5 Å². The lowest BCUT2D eigenvalue weighted by Gasteiger charge is -2.13. The van der Waals surface area contributed by atoms with E-state index in [2.05, 4.69) is 19.6 Å². The van der Waals surface area contributed by atoms with Crippen LogP contribution in [-0.2, 0) is 6.18 Å². The molecule has 1 atom stereocenters. The van der Waals surface area contributed by atoms with Crippen molar-refractivity contribution in [3.05, 3.63) is 41.0 Å². The Hall–Kier alpha value is -2.49. The predicted molar refractivity (Wildman–Crippen MR) is 82.2 cm³/mol. The first-order chi connectivity index (χ1) is 11.9. The number of hydrogen-bond donors (Lipinski definition) is 0. The standard InChI is InChI=1S/C15H11F3N4O2S/c16-15(17,18)14-20-11(21-24-14)8-5-6-22(7-8)13(23)12-19-9-3-1-2-4-10(9)25-12/h1-4,8H,5-7H2. The number of benzene rings is 1. The third kappa shape index (κ3) is 2.97. The number of para-hydroxylation sites is 1. The van der Waals surface area contributed by atoms with E-state index >= 15 is 0 Å². The van der Waals surface area contributed by atoms with Crippen LogP contribution in [0.25, 0.3) is 10.2 Å². The van der Waals surface area contributed by atoms with Gasteiger partial charge >= 0.3 is 12.1 Å². The Morgan fingerprint density at radius 2 is 2.08 bits per heavy atom. The molecule has 0 N–H and O–H groups in total. The van der Waals surface area contributed by atoms with E-state index in [1.54, 1.807) is 4.90 Å². The van der Waals surface area contributed by atoms with E-state index in [9.17, 15) is 18.0 Å². The van der Waals surface area contributed by atoms with E-state index in [1.165, 1.54) is 11.3 Å². The number of aromatic nitrogens is 3. The van der Waals surface area contributed by atoms with Crippen molar-refractivity contribution in [1.82, 2.24) is 20.0 Å². The second-order valence-corrected chi connectivity index (χ2v) is 6.71. The minimum absolute atomic E-state index is 0.0214. The first-order valence-corrected chi connectivity index (χ1v) is 8.29. The molecule has 10 heteroatoms. The molecule has 1 saturated heterocycles. The van der Waals surface area contributed by atoms with E-state index in [0.717, 1.165) is 10.2 Å². The Kier molecular flexibility index (Phi) is 3.71. The van der Waals surface area contributed by atoms with E-state index in [-0.39, 0.29) is 24.2 Å². The number of nitrogens with zero attached hydrogens (tertiary/aromatic N) is 4. The molecule has 1 aliphatic rings. The van der Waals surface area contributed by atoms with Crippen molar-refractivity contribution in [3.8, 4) is 0 Å². The molecule has 0 saturated carbocycles. The minimum atomic E-state index is -4.67. The molecule has 6 nitrogen and oxygen atoms in total. The fourth-order valence-corrected chi connectivity index (χ4v) is 3.70. The van der Waals surface area contributed by atoms with Gasteiger partial charge in [-0.25, -0.2) is 4.98 Å². The van der Waals surface area contributed by atoms with Crippen molar-refractivity contribution >= 4 is 27.5 Å². The monoisotopic (exact) mass is 368 g/mol. The van der Waals surface area contributed by atoms with Gasteiger partial charge in [0, 0.05) is 19.0 Å². The molecule has 2 aromatic heterocycles. The zero-order valence-corrected chi connectivity index (χ0v) is 13.5. The Balaban J connectivity index is 1.50. The number of amides is 1. The maximum atomic E-state index is 12.6. The molecule has 3 heterocycles. The molecule has 1 aliphatic heterocycles. The maximum Gasteiger partial charge on any atom is 0.471 e. The average Bonchev–Trinajstić information content (AvgIpc) is 3.30. The largest absolute Gasteiger partial charge is 0.471 e. The van der Waals surface area contributed by atoms with Crippen molar-refractivity contribution in [1.29, 1.82) is 0 Å². The Bertz CT molecular complexity index is 903. The molecular weight excluding hydrogens is 357 g/mol. The van der Waals surface area contributed by atoms with Crippen LogP contribution in [0.4, 0.5) is 13.2 Å². The molecule has 130 valence electrons. The summed E-state index contributed by atoms with van der Waals surface area (Å²) in [6.07, 6.45) is -4.19. The van der Waals surface area contributed by atoms with Crippen molar-refractivity contribution in [2.45, 2.75) is 18.5 Å². The Morgan fingerprint density at radius 1 is 1.28 bits per heavy atom. The van der Waals surface area contributed by atoms with E-state index < -0.39 is 12.1 Å². The average molecular weight is 368 g/mol. The molecule has 1 fully saturated rings. The summed E-state index contributed by atoms with van der Waals surface area (Å²) in [5, 5.41) is 3.78. The van der Waals surface area contributed by atoms with Gasteiger partial charge in [-0.1, -0.05) is 17.3 Å². The number of likely N-dealkylation sites (tertiary alicyclic amines) is 1. The highest BCUT2D eigenvalue weighted by Crippen LogP contribution is 2.32. The molecule has 1 unspecified atom stereocenters. The van der Waals surface area contributed by atoms with Crippen LogP contribution in [-0.4, -0.2) is 39.0 Å². The van der Waals surface area contributed by atoms with E-state index in [4.69, 9.17) is 0 Å². The molecule has 3 aromatic rings. The van der Waals surface area contributed by atoms with Crippen LogP contribution in [0.5, 0.6) is 0 Å². The third-order valence-electron chi connectivity index (χ3n) is 4.00. The van der Waals surface area contributed by atoms with Crippen molar-refractivity contribution in [2.75, 3.05) is 13.1 Å². The zero-order chi connectivity index (χ0) is 17.6. The fourth-order valence-electron chi connectivity index (χ4n) is 2.77. The van der Waals surface area contributed by atoms with Gasteiger partial charge in [0.05, 0.1) is 10.2 Å². The van der Waals surface area contributed by atoms with E-state index in [1.807, 2.05) is 24.3 Å². The molecule has 0 spiro atoms. The van der Waals surface area contributed by atoms with Gasteiger partial charge in [0.25, 0.3) is 5.91 Å². The van der Waals surface area contributed by atoms with Gasteiger partial charge in [-0.15, -0.1) is 11.3 Å². The number of hydrogen-bond acceptors (Lipinski definition) is 6. The summed E-state index contributed by atoms with van der Waals surface area (Å²) in [5.41, 5.74) is 0.750. The van der Waals surface area contributed by atoms with Crippen LogP contribution < -0.4 is 0 Å². The predicted octanol–water partition coefficient (Wildman–Crippen LogP) is 3.33. The zero-order valence-electron chi connectivity index (χ0n) is 12.7. The number of alkyl halides is 3. The normalized spacial score (nSPS) is 18.2. The number of carbonyl (C=O) groups is 1. The molecular formula is C15H11F3N4O2S. The first-order valence-electron chi connectivity index (χ1n) is 7.47. The minimum Gasteiger partial charge on any atom is -0.336 e. The highest BCUT2D eigenvalue weighted by atomic mass is 32.1. The smallest absolute Gasteiger partial charge is 0.336 e. The van der Waals surface area contributed by atoms with E-state index in [0.29, 0.717) is 18.0 Å². The summed E-state index contributed by atoms with van der Waals surface area (Å²) >= 11 is 1.30. The van der Waals surface area contributed by atoms with Crippen LogP contribution in [0.2, 0.25) is 0 Å². The molecule has 0 aliphatic carbocycles. The number of thiazole rings is 1. The van der Waals surface area contributed by atoms with Crippen molar-refractivity contribution in [2.24, 2.45) is 0 Å². The van der Waals surface area contributed by atoms with Crippen molar-refractivity contribution in [3.63, 3.8) is 0 Å². The summed E-state index contributed by atoms with van der Waals surface area (Å²) in [4.78, 5) is 21.9. The van der Waals surface area contributed by atoms with Crippen LogP contribution in [0, 0.1) is 0 Å². The number of rotatable bonds is 2. The lowest BCUT2D eigenvalue weighted by atomic mass is 10.1. The Labute approximate surface area is 143 Å². The number of fused-ring (bicyclic) bond motifs is 1. The molecule has 25 heavy (non-hydrogen) atoms. The van der Waals surface area contributed by atoms with Gasteiger partial charge in [-0.05, 0) is 18.6 Å². The second-order valence-electron chi connectivity index (χ2n) is 5.68.